The van der Waals surface area contributed by atoms with Crippen LogP contribution >= 0.6 is 0 Å². The lowest BCUT2D eigenvalue weighted by Crippen LogP contribution is -2.66. The molecular formula is C21H29FN2O. The molecule has 25 heavy (non-hydrogen) atoms. The summed E-state index contributed by atoms with van der Waals surface area (Å²) in [6, 6.07) is 5.58. The summed E-state index contributed by atoms with van der Waals surface area (Å²) in [4.78, 5) is 17.3. The van der Waals surface area contributed by atoms with Gasteiger partial charge in [-0.1, -0.05) is 26.8 Å². The molecule has 2 bridgehead atoms. The summed E-state index contributed by atoms with van der Waals surface area (Å²) in [5.74, 6) is -0.172. The van der Waals surface area contributed by atoms with Crippen LogP contribution in [0, 0.1) is 11.2 Å². The van der Waals surface area contributed by atoms with Gasteiger partial charge in [-0.2, -0.15) is 0 Å². The van der Waals surface area contributed by atoms with Crippen molar-refractivity contribution in [2.75, 3.05) is 19.6 Å². The van der Waals surface area contributed by atoms with Gasteiger partial charge < -0.3 is 9.80 Å². The summed E-state index contributed by atoms with van der Waals surface area (Å²) in [6.45, 7) is 9.45. The monoisotopic (exact) mass is 344 g/mol. The van der Waals surface area contributed by atoms with E-state index < -0.39 is 0 Å². The first kappa shape index (κ1) is 16.9. The van der Waals surface area contributed by atoms with E-state index in [9.17, 15) is 9.18 Å². The van der Waals surface area contributed by atoms with Crippen molar-refractivity contribution in [2.45, 2.75) is 64.3 Å². The largest absolute Gasteiger partial charge is 0.325 e. The van der Waals surface area contributed by atoms with Crippen LogP contribution in [0.15, 0.2) is 18.2 Å². The molecule has 4 rings (SSSR count). The van der Waals surface area contributed by atoms with Crippen molar-refractivity contribution in [1.82, 2.24) is 9.80 Å². The number of halogens is 1. The van der Waals surface area contributed by atoms with Crippen LogP contribution in [0.2, 0.25) is 0 Å². The molecule has 4 heteroatoms. The van der Waals surface area contributed by atoms with Crippen LogP contribution < -0.4 is 0 Å². The zero-order chi connectivity index (χ0) is 17.8. The average Bonchev–Trinajstić information content (AvgIpc) is 2.58. The van der Waals surface area contributed by atoms with E-state index in [1.807, 2.05) is 11.0 Å². The molecule has 1 aromatic carbocycles. The summed E-state index contributed by atoms with van der Waals surface area (Å²) in [5.41, 5.74) is 2.32. The van der Waals surface area contributed by atoms with Gasteiger partial charge in [-0.3, -0.25) is 0 Å². The molecule has 1 aliphatic carbocycles. The normalized spacial score (nSPS) is 30.8. The molecule has 2 unspecified atom stereocenters. The number of piperidine rings is 2. The molecule has 2 amide bonds. The molecule has 0 N–H and O–H groups in total. The molecule has 0 radical (unpaired) electrons. The summed E-state index contributed by atoms with van der Waals surface area (Å²) in [5, 5.41) is 0. The number of carbonyl (C=O) groups is 1. The van der Waals surface area contributed by atoms with E-state index in [1.54, 1.807) is 12.1 Å². The highest BCUT2D eigenvalue weighted by Crippen LogP contribution is 2.56. The summed E-state index contributed by atoms with van der Waals surface area (Å²) < 4.78 is 13.8. The Kier molecular flexibility index (Phi) is 3.86. The van der Waals surface area contributed by atoms with E-state index >= 15 is 0 Å². The molecular weight excluding hydrogens is 315 g/mol. The Morgan fingerprint density at radius 2 is 1.84 bits per heavy atom. The van der Waals surface area contributed by atoms with Crippen LogP contribution in [0.25, 0.3) is 0 Å². The average molecular weight is 344 g/mol. The van der Waals surface area contributed by atoms with Crippen LogP contribution in [0.5, 0.6) is 0 Å². The minimum atomic E-state index is -0.172. The minimum Gasteiger partial charge on any atom is -0.325 e. The molecule has 0 saturated carbocycles. The molecule has 3 nitrogen and oxygen atoms in total. The lowest BCUT2D eigenvalue weighted by molar-refractivity contribution is -0.0243. The first-order valence-corrected chi connectivity index (χ1v) is 9.69. The first-order chi connectivity index (χ1) is 11.8. The van der Waals surface area contributed by atoms with Gasteiger partial charge in [-0.05, 0) is 60.8 Å². The van der Waals surface area contributed by atoms with Crippen molar-refractivity contribution in [1.29, 1.82) is 0 Å². The fourth-order valence-electron chi connectivity index (χ4n) is 5.40. The summed E-state index contributed by atoms with van der Waals surface area (Å²) >= 11 is 0. The number of amides is 2. The number of hydrogen-bond donors (Lipinski definition) is 0. The zero-order valence-electron chi connectivity index (χ0n) is 15.6. The van der Waals surface area contributed by atoms with Crippen molar-refractivity contribution >= 4 is 6.03 Å². The van der Waals surface area contributed by atoms with Crippen molar-refractivity contribution < 1.29 is 9.18 Å². The summed E-state index contributed by atoms with van der Waals surface area (Å²) in [7, 11) is 0. The number of fused-ring (bicyclic) bond motifs is 4. The maximum absolute atomic E-state index is 13.8. The molecule has 3 aliphatic rings. The molecule has 0 spiro atoms. The van der Waals surface area contributed by atoms with E-state index in [0.29, 0.717) is 0 Å². The van der Waals surface area contributed by atoms with Crippen LogP contribution in [0.4, 0.5) is 9.18 Å². The van der Waals surface area contributed by atoms with Crippen LogP contribution in [0.3, 0.4) is 0 Å². The van der Waals surface area contributed by atoms with Gasteiger partial charge in [-0.25, -0.2) is 9.18 Å². The predicted octanol–water partition coefficient (Wildman–Crippen LogP) is 4.35. The molecule has 2 saturated heterocycles. The number of carbonyl (C=O) groups excluding carboxylic acids is 1. The zero-order valence-corrected chi connectivity index (χ0v) is 15.6. The molecule has 2 atom stereocenters. The smallest absolute Gasteiger partial charge is 0.320 e. The Hall–Kier alpha value is -1.58. The quantitative estimate of drug-likeness (QED) is 0.686. The predicted molar refractivity (Wildman–Crippen MR) is 97.2 cm³/mol. The second kappa shape index (κ2) is 5.72. The van der Waals surface area contributed by atoms with Gasteiger partial charge in [0, 0.05) is 31.1 Å². The van der Waals surface area contributed by atoms with Crippen molar-refractivity contribution in [3.05, 3.63) is 35.1 Å². The van der Waals surface area contributed by atoms with Gasteiger partial charge in [0.25, 0.3) is 0 Å². The maximum Gasteiger partial charge on any atom is 0.320 e. The van der Waals surface area contributed by atoms with Crippen LogP contribution in [-0.4, -0.2) is 41.5 Å². The molecule has 2 fully saturated rings. The van der Waals surface area contributed by atoms with E-state index in [0.717, 1.165) is 50.9 Å². The molecule has 136 valence electrons. The number of nitrogens with zero attached hydrogens (tertiary/aromatic N) is 2. The second-order valence-electron chi connectivity index (χ2n) is 8.85. The summed E-state index contributed by atoms with van der Waals surface area (Å²) in [6.07, 6.45) is 5.15. The lowest BCUT2D eigenvalue weighted by Gasteiger charge is -2.61. The number of likely N-dealkylation sites (tertiary alicyclic amines) is 2. The SMILES string of the molecule is CC12CCN(C(=O)N3CCCCC3)C(Cc3cc(F)ccc31)C2(C)C. The third-order valence-corrected chi connectivity index (χ3v) is 7.43. The second-order valence-corrected chi connectivity index (χ2v) is 8.85. The number of rotatable bonds is 0. The fraction of sp³-hybridized carbons (Fsp3) is 0.667. The van der Waals surface area contributed by atoms with Crippen LogP contribution in [0.1, 0.15) is 57.6 Å². The maximum atomic E-state index is 13.8. The Labute approximate surface area is 150 Å². The highest BCUT2D eigenvalue weighted by atomic mass is 19.1. The Morgan fingerprint density at radius 1 is 1.12 bits per heavy atom. The lowest BCUT2D eigenvalue weighted by atomic mass is 9.51. The first-order valence-electron chi connectivity index (χ1n) is 9.69. The Bertz CT molecular complexity index is 695. The van der Waals surface area contributed by atoms with E-state index in [2.05, 4.69) is 25.7 Å². The van der Waals surface area contributed by atoms with E-state index in [-0.39, 0.29) is 28.7 Å². The number of urea groups is 1. The van der Waals surface area contributed by atoms with Gasteiger partial charge in [-0.15, -0.1) is 0 Å². The highest BCUT2D eigenvalue weighted by Gasteiger charge is 2.57. The third-order valence-electron chi connectivity index (χ3n) is 7.43. The van der Waals surface area contributed by atoms with Gasteiger partial charge >= 0.3 is 6.03 Å². The van der Waals surface area contributed by atoms with Gasteiger partial charge in [0.2, 0.25) is 0 Å². The van der Waals surface area contributed by atoms with Crippen LogP contribution in [-0.2, 0) is 11.8 Å². The van der Waals surface area contributed by atoms with Crippen molar-refractivity contribution in [3.8, 4) is 0 Å². The highest BCUT2D eigenvalue weighted by molar-refractivity contribution is 5.75. The minimum absolute atomic E-state index is 0.0162. The molecule has 2 heterocycles. The van der Waals surface area contributed by atoms with Crippen molar-refractivity contribution in [3.63, 3.8) is 0 Å². The van der Waals surface area contributed by atoms with Gasteiger partial charge in [0.05, 0.1) is 0 Å². The Morgan fingerprint density at radius 3 is 2.56 bits per heavy atom. The molecule has 1 aromatic rings. The number of benzene rings is 1. The van der Waals surface area contributed by atoms with E-state index in [1.165, 1.54) is 12.0 Å². The van der Waals surface area contributed by atoms with Gasteiger partial charge in [0.15, 0.2) is 0 Å². The fourth-order valence-corrected chi connectivity index (χ4v) is 5.40. The van der Waals surface area contributed by atoms with Gasteiger partial charge in [0.1, 0.15) is 5.82 Å². The standard InChI is InChI=1S/C21H29FN2O/c1-20(2)18-14-15-13-16(22)7-8-17(15)21(20,3)9-12-24(18)19(25)23-10-5-4-6-11-23/h7-8,13,18H,4-6,9-12,14H2,1-3H3. The Balaban J connectivity index is 1.71. The molecule has 2 aliphatic heterocycles. The van der Waals surface area contributed by atoms with E-state index in [4.69, 9.17) is 0 Å². The third kappa shape index (κ3) is 2.40. The molecule has 0 aromatic heterocycles. The number of hydrogen-bond acceptors (Lipinski definition) is 1. The van der Waals surface area contributed by atoms with Crippen molar-refractivity contribution in [2.24, 2.45) is 5.41 Å². The topological polar surface area (TPSA) is 23.6 Å².